The quantitative estimate of drug-likeness (QED) is 0.712. The summed E-state index contributed by atoms with van der Waals surface area (Å²) in [5.41, 5.74) is 6.61. The van der Waals surface area contributed by atoms with Gasteiger partial charge in [-0.05, 0) is 24.3 Å². The van der Waals surface area contributed by atoms with Crippen molar-refractivity contribution in [2.45, 2.75) is 12.7 Å². The Labute approximate surface area is 144 Å². The number of halogens is 3. The Morgan fingerprint density at radius 1 is 1.23 bits per heavy atom. The number of rotatable bonds is 5. The second kappa shape index (κ2) is 6.78. The number of aromatic nitrogens is 4. The van der Waals surface area contributed by atoms with Crippen LogP contribution in [0.3, 0.4) is 0 Å². The van der Waals surface area contributed by atoms with Gasteiger partial charge < -0.3 is 15.6 Å². The number of amides is 1. The van der Waals surface area contributed by atoms with E-state index in [2.05, 4.69) is 29.9 Å². The number of primary amides is 1. The summed E-state index contributed by atoms with van der Waals surface area (Å²) in [6, 6.07) is 6.36. The van der Waals surface area contributed by atoms with E-state index in [0.29, 0.717) is 11.4 Å². The van der Waals surface area contributed by atoms with Crippen LogP contribution in [0.4, 0.5) is 18.9 Å². The van der Waals surface area contributed by atoms with E-state index in [-0.39, 0.29) is 23.6 Å². The Morgan fingerprint density at radius 3 is 2.65 bits per heavy atom. The summed E-state index contributed by atoms with van der Waals surface area (Å²) in [6.07, 6.45) is -1.94. The predicted molar refractivity (Wildman–Crippen MR) is 82.6 cm³/mol. The fraction of sp³-hybridized carbons (Fsp3) is 0.133. The van der Waals surface area contributed by atoms with E-state index in [0.717, 1.165) is 0 Å². The molecule has 0 aliphatic heterocycles. The first-order chi connectivity index (χ1) is 12.3. The van der Waals surface area contributed by atoms with Gasteiger partial charge in [0.05, 0.1) is 17.9 Å². The van der Waals surface area contributed by atoms with Crippen molar-refractivity contribution in [3.8, 4) is 11.4 Å². The molecular formula is C15H11F3N6O2. The Kier molecular flexibility index (Phi) is 4.52. The number of pyridine rings is 2. The summed E-state index contributed by atoms with van der Waals surface area (Å²) < 4.78 is 41.6. The van der Waals surface area contributed by atoms with Gasteiger partial charge in [-0.25, -0.2) is 4.98 Å². The van der Waals surface area contributed by atoms with Gasteiger partial charge in [0, 0.05) is 18.0 Å². The zero-order valence-corrected chi connectivity index (χ0v) is 13.0. The highest BCUT2D eigenvalue weighted by molar-refractivity contribution is 5.96. The average molecular weight is 364 g/mol. The smallest absolute Gasteiger partial charge is 0.377 e. The van der Waals surface area contributed by atoms with Gasteiger partial charge >= 0.3 is 12.1 Å². The first-order valence-electron chi connectivity index (χ1n) is 7.19. The highest BCUT2D eigenvalue weighted by Gasteiger charge is 2.38. The molecule has 1 amide bonds. The summed E-state index contributed by atoms with van der Waals surface area (Å²) in [6.45, 7) is 0.242. The van der Waals surface area contributed by atoms with Crippen LogP contribution in [0.15, 0.2) is 41.2 Å². The van der Waals surface area contributed by atoms with Crippen molar-refractivity contribution < 1.29 is 22.5 Å². The van der Waals surface area contributed by atoms with Crippen molar-refractivity contribution in [1.29, 1.82) is 0 Å². The molecule has 0 saturated carbocycles. The molecule has 3 heterocycles. The SMILES string of the molecule is NC(=O)c1ncccc1NCc1ccc(-c2noc(C(F)(F)F)n2)cn1. The fourth-order valence-electron chi connectivity index (χ4n) is 2.05. The van der Waals surface area contributed by atoms with Crippen LogP contribution < -0.4 is 11.1 Å². The first kappa shape index (κ1) is 17.3. The molecular weight excluding hydrogens is 353 g/mol. The van der Waals surface area contributed by atoms with Crippen LogP contribution >= 0.6 is 0 Å². The maximum atomic E-state index is 12.5. The molecule has 0 saturated heterocycles. The molecule has 3 rings (SSSR count). The first-order valence-corrected chi connectivity index (χ1v) is 7.19. The molecule has 3 aromatic rings. The normalized spacial score (nSPS) is 11.3. The molecule has 0 aromatic carbocycles. The van der Waals surface area contributed by atoms with Crippen molar-refractivity contribution in [2.75, 3.05) is 5.32 Å². The predicted octanol–water partition coefficient (Wildman–Crippen LogP) is 2.26. The van der Waals surface area contributed by atoms with E-state index in [4.69, 9.17) is 5.73 Å². The van der Waals surface area contributed by atoms with Crippen LogP contribution in [0.25, 0.3) is 11.4 Å². The van der Waals surface area contributed by atoms with E-state index >= 15 is 0 Å². The van der Waals surface area contributed by atoms with E-state index in [1.54, 1.807) is 18.2 Å². The maximum absolute atomic E-state index is 12.5. The third-order valence-electron chi connectivity index (χ3n) is 3.25. The Morgan fingerprint density at radius 2 is 2.04 bits per heavy atom. The third kappa shape index (κ3) is 3.77. The van der Waals surface area contributed by atoms with Gasteiger partial charge in [0.2, 0.25) is 5.82 Å². The summed E-state index contributed by atoms with van der Waals surface area (Å²) in [5.74, 6) is -2.31. The van der Waals surface area contributed by atoms with Crippen LogP contribution in [0.2, 0.25) is 0 Å². The van der Waals surface area contributed by atoms with Gasteiger partial charge in [-0.3, -0.25) is 9.78 Å². The highest BCUT2D eigenvalue weighted by atomic mass is 19.4. The number of hydrogen-bond donors (Lipinski definition) is 2. The summed E-state index contributed by atoms with van der Waals surface area (Å²) in [7, 11) is 0. The molecule has 0 bridgehead atoms. The minimum Gasteiger partial charge on any atom is -0.377 e. The van der Waals surface area contributed by atoms with Crippen LogP contribution in [0.5, 0.6) is 0 Å². The van der Waals surface area contributed by atoms with E-state index in [1.807, 2.05) is 0 Å². The van der Waals surface area contributed by atoms with Crippen molar-refractivity contribution in [3.05, 3.63) is 53.9 Å². The summed E-state index contributed by atoms with van der Waals surface area (Å²) in [4.78, 5) is 22.6. The largest absolute Gasteiger partial charge is 0.471 e. The average Bonchev–Trinajstić information content (AvgIpc) is 3.11. The number of nitrogens with one attached hydrogen (secondary N) is 1. The molecule has 0 spiro atoms. The van der Waals surface area contributed by atoms with Gasteiger partial charge in [0.1, 0.15) is 0 Å². The number of carbonyl (C=O) groups is 1. The number of hydrogen-bond acceptors (Lipinski definition) is 7. The zero-order chi connectivity index (χ0) is 18.7. The van der Waals surface area contributed by atoms with Gasteiger partial charge in [0.25, 0.3) is 5.91 Å². The van der Waals surface area contributed by atoms with Gasteiger partial charge in [-0.1, -0.05) is 5.16 Å². The molecule has 0 radical (unpaired) electrons. The number of alkyl halides is 3. The number of nitrogens with two attached hydrogens (primary N) is 1. The molecule has 0 aliphatic carbocycles. The molecule has 0 aliphatic rings. The lowest BCUT2D eigenvalue weighted by molar-refractivity contribution is -0.159. The van der Waals surface area contributed by atoms with Gasteiger partial charge in [-0.2, -0.15) is 18.2 Å². The van der Waals surface area contributed by atoms with Crippen LogP contribution in [-0.2, 0) is 12.7 Å². The van der Waals surface area contributed by atoms with Gasteiger partial charge in [0.15, 0.2) is 5.69 Å². The van der Waals surface area contributed by atoms with Crippen LogP contribution in [-0.4, -0.2) is 26.0 Å². The van der Waals surface area contributed by atoms with Crippen molar-refractivity contribution in [1.82, 2.24) is 20.1 Å². The molecule has 0 unspecified atom stereocenters. The Balaban J connectivity index is 1.71. The second-order valence-electron chi connectivity index (χ2n) is 5.08. The van der Waals surface area contributed by atoms with Crippen LogP contribution in [0, 0.1) is 0 Å². The molecule has 8 nitrogen and oxygen atoms in total. The van der Waals surface area contributed by atoms with E-state index < -0.39 is 18.0 Å². The summed E-state index contributed by atoms with van der Waals surface area (Å²) >= 11 is 0. The van der Waals surface area contributed by atoms with E-state index in [9.17, 15) is 18.0 Å². The molecule has 11 heteroatoms. The highest BCUT2D eigenvalue weighted by Crippen LogP contribution is 2.29. The lowest BCUT2D eigenvalue weighted by atomic mass is 10.2. The second-order valence-corrected chi connectivity index (χ2v) is 5.08. The lowest BCUT2D eigenvalue weighted by Gasteiger charge is -2.08. The summed E-state index contributed by atoms with van der Waals surface area (Å²) in [5, 5.41) is 6.26. The maximum Gasteiger partial charge on any atom is 0.471 e. The van der Waals surface area contributed by atoms with Crippen LogP contribution in [0.1, 0.15) is 22.1 Å². The standard InChI is InChI=1S/C15H11F3N6O2/c16-15(17,18)14-23-13(24-26-14)8-3-4-9(21-6-8)7-22-10-2-1-5-20-11(10)12(19)25/h1-6,22H,7H2,(H2,19,25). The minimum absolute atomic E-state index is 0.0931. The monoisotopic (exact) mass is 364 g/mol. The number of nitrogens with zero attached hydrogens (tertiary/aromatic N) is 4. The lowest BCUT2D eigenvalue weighted by Crippen LogP contribution is -2.16. The number of carbonyl (C=O) groups excluding carboxylic acids is 1. The van der Waals surface area contributed by atoms with Crippen molar-refractivity contribution in [3.63, 3.8) is 0 Å². The Hall–Kier alpha value is -3.50. The molecule has 3 aromatic heterocycles. The molecule has 0 fully saturated rings. The third-order valence-corrected chi connectivity index (χ3v) is 3.25. The zero-order valence-electron chi connectivity index (χ0n) is 13.0. The molecule has 3 N–H and O–H groups in total. The Bertz CT molecular complexity index is 924. The van der Waals surface area contributed by atoms with E-state index in [1.165, 1.54) is 18.5 Å². The topological polar surface area (TPSA) is 120 Å². The van der Waals surface area contributed by atoms with Gasteiger partial charge in [-0.15, -0.1) is 0 Å². The fourth-order valence-corrected chi connectivity index (χ4v) is 2.05. The van der Waals surface area contributed by atoms with Crippen molar-refractivity contribution >= 4 is 11.6 Å². The minimum atomic E-state index is -4.70. The number of anilines is 1. The molecule has 26 heavy (non-hydrogen) atoms. The molecule has 0 atom stereocenters. The van der Waals surface area contributed by atoms with Crippen molar-refractivity contribution in [2.24, 2.45) is 5.73 Å². The molecule has 134 valence electrons.